The van der Waals surface area contributed by atoms with Gasteiger partial charge in [0.1, 0.15) is 5.75 Å². The third kappa shape index (κ3) is 5.49. The van der Waals surface area contributed by atoms with Gasteiger partial charge in [0, 0.05) is 25.7 Å². The first-order chi connectivity index (χ1) is 11.6. The minimum Gasteiger partial charge on any atom is -0.483 e. The van der Waals surface area contributed by atoms with E-state index in [9.17, 15) is 4.79 Å². The summed E-state index contributed by atoms with van der Waals surface area (Å²) in [5, 5.41) is 3.02. The van der Waals surface area contributed by atoms with Crippen LogP contribution in [0.5, 0.6) is 5.75 Å². The van der Waals surface area contributed by atoms with Crippen LogP contribution in [0.3, 0.4) is 0 Å². The largest absolute Gasteiger partial charge is 0.483 e. The molecule has 1 unspecified atom stereocenters. The molecule has 0 aromatic heterocycles. The summed E-state index contributed by atoms with van der Waals surface area (Å²) in [5.74, 6) is 1.20. The van der Waals surface area contributed by atoms with Gasteiger partial charge < -0.3 is 14.8 Å². The van der Waals surface area contributed by atoms with Crippen molar-refractivity contribution in [1.29, 1.82) is 0 Å². The van der Waals surface area contributed by atoms with Gasteiger partial charge >= 0.3 is 0 Å². The molecule has 0 saturated carbocycles. The molecule has 0 aliphatic carbocycles. The summed E-state index contributed by atoms with van der Waals surface area (Å²) in [5.41, 5.74) is 1.12. The lowest BCUT2D eigenvalue weighted by Crippen LogP contribution is -2.51. The molecular formula is C19H30N2O3. The molecule has 1 saturated heterocycles. The third-order valence-corrected chi connectivity index (χ3v) is 4.50. The predicted molar refractivity (Wildman–Crippen MR) is 95.3 cm³/mol. The Morgan fingerprint density at radius 1 is 1.29 bits per heavy atom. The van der Waals surface area contributed by atoms with E-state index in [1.807, 2.05) is 24.3 Å². The number of aryl methyl sites for hydroxylation is 1. The Morgan fingerprint density at radius 2 is 2.00 bits per heavy atom. The van der Waals surface area contributed by atoms with Gasteiger partial charge in [-0.05, 0) is 24.0 Å². The quantitative estimate of drug-likeness (QED) is 0.791. The van der Waals surface area contributed by atoms with Crippen LogP contribution < -0.4 is 10.1 Å². The Bertz CT molecular complexity index is 513. The second kappa shape index (κ2) is 9.64. The fraction of sp³-hybridized carbons (Fsp3) is 0.632. The van der Waals surface area contributed by atoms with Crippen LogP contribution in [0.2, 0.25) is 0 Å². The first-order valence-electron chi connectivity index (χ1n) is 8.91. The molecule has 1 amide bonds. The minimum absolute atomic E-state index is 0.0605. The third-order valence-electron chi connectivity index (χ3n) is 4.50. The van der Waals surface area contributed by atoms with Crippen LogP contribution >= 0.6 is 0 Å². The smallest absolute Gasteiger partial charge is 0.257 e. The SMILES string of the molecule is CCc1ccccc1OCC(=O)NCC(C(C)C)N1CCOCC1. The lowest BCUT2D eigenvalue weighted by Gasteiger charge is -2.36. The van der Waals surface area contributed by atoms with Crippen LogP contribution in [-0.4, -0.2) is 56.3 Å². The van der Waals surface area contributed by atoms with E-state index in [1.165, 1.54) is 0 Å². The summed E-state index contributed by atoms with van der Waals surface area (Å²) >= 11 is 0. The first-order valence-corrected chi connectivity index (χ1v) is 8.91. The standard InChI is InChI=1S/C19H30N2O3/c1-4-16-7-5-6-8-18(16)24-14-19(22)20-13-17(15(2)3)21-9-11-23-12-10-21/h5-8,15,17H,4,9-14H2,1-3H3,(H,20,22). The Labute approximate surface area is 145 Å². The molecule has 24 heavy (non-hydrogen) atoms. The normalized spacial score (nSPS) is 16.8. The van der Waals surface area contributed by atoms with Gasteiger partial charge in [0.15, 0.2) is 6.61 Å². The van der Waals surface area contributed by atoms with Gasteiger partial charge in [-0.25, -0.2) is 0 Å². The molecule has 5 nitrogen and oxygen atoms in total. The van der Waals surface area contributed by atoms with Crippen LogP contribution in [-0.2, 0) is 16.0 Å². The molecule has 2 rings (SSSR count). The summed E-state index contributed by atoms with van der Waals surface area (Å²) in [7, 11) is 0. The number of hydrogen-bond acceptors (Lipinski definition) is 4. The maximum absolute atomic E-state index is 12.1. The van der Waals surface area contributed by atoms with Gasteiger partial charge in [-0.15, -0.1) is 0 Å². The Balaban J connectivity index is 1.80. The van der Waals surface area contributed by atoms with Crippen molar-refractivity contribution in [3.63, 3.8) is 0 Å². The average molecular weight is 334 g/mol. The monoisotopic (exact) mass is 334 g/mol. The highest BCUT2D eigenvalue weighted by Crippen LogP contribution is 2.18. The molecule has 1 aromatic rings. The van der Waals surface area contributed by atoms with E-state index in [0.717, 1.165) is 44.0 Å². The Morgan fingerprint density at radius 3 is 2.67 bits per heavy atom. The van der Waals surface area contributed by atoms with Gasteiger partial charge in [-0.2, -0.15) is 0 Å². The van der Waals surface area contributed by atoms with Crippen LogP contribution in [0.1, 0.15) is 26.3 Å². The molecule has 1 fully saturated rings. The van der Waals surface area contributed by atoms with Crippen molar-refractivity contribution >= 4 is 5.91 Å². The second-order valence-corrected chi connectivity index (χ2v) is 6.51. The fourth-order valence-electron chi connectivity index (χ4n) is 3.05. The zero-order valence-electron chi connectivity index (χ0n) is 15.1. The van der Waals surface area contributed by atoms with Gasteiger partial charge in [0.25, 0.3) is 5.91 Å². The van der Waals surface area contributed by atoms with E-state index >= 15 is 0 Å². The summed E-state index contributed by atoms with van der Waals surface area (Å²) < 4.78 is 11.1. The highest BCUT2D eigenvalue weighted by atomic mass is 16.5. The van der Waals surface area contributed by atoms with E-state index in [-0.39, 0.29) is 12.5 Å². The lowest BCUT2D eigenvalue weighted by atomic mass is 10.0. The Kier molecular flexibility index (Phi) is 7.53. The molecule has 5 heteroatoms. The van der Waals surface area contributed by atoms with E-state index in [2.05, 4.69) is 31.0 Å². The number of carbonyl (C=O) groups is 1. The van der Waals surface area contributed by atoms with Gasteiger partial charge in [0.05, 0.1) is 13.2 Å². The van der Waals surface area contributed by atoms with Crippen molar-refractivity contribution in [1.82, 2.24) is 10.2 Å². The van der Waals surface area contributed by atoms with Crippen molar-refractivity contribution in [3.8, 4) is 5.75 Å². The predicted octanol–water partition coefficient (Wildman–Crippen LogP) is 2.10. The lowest BCUT2D eigenvalue weighted by molar-refractivity contribution is -0.123. The van der Waals surface area contributed by atoms with Gasteiger partial charge in [-0.1, -0.05) is 39.0 Å². The van der Waals surface area contributed by atoms with Crippen molar-refractivity contribution in [2.45, 2.75) is 33.2 Å². The van der Waals surface area contributed by atoms with E-state index in [0.29, 0.717) is 18.5 Å². The van der Waals surface area contributed by atoms with E-state index in [4.69, 9.17) is 9.47 Å². The zero-order valence-corrected chi connectivity index (χ0v) is 15.1. The number of morpholine rings is 1. The fourth-order valence-corrected chi connectivity index (χ4v) is 3.05. The molecular weight excluding hydrogens is 304 g/mol. The van der Waals surface area contributed by atoms with E-state index in [1.54, 1.807) is 0 Å². The number of nitrogens with one attached hydrogen (secondary N) is 1. The van der Waals surface area contributed by atoms with E-state index < -0.39 is 0 Å². The summed E-state index contributed by atoms with van der Waals surface area (Å²) in [6.07, 6.45) is 0.893. The topological polar surface area (TPSA) is 50.8 Å². The number of amides is 1. The van der Waals surface area contributed by atoms with Crippen LogP contribution in [0.15, 0.2) is 24.3 Å². The molecule has 1 heterocycles. The number of nitrogens with zero attached hydrogens (tertiary/aromatic N) is 1. The molecule has 134 valence electrons. The number of benzene rings is 1. The number of hydrogen-bond donors (Lipinski definition) is 1. The molecule has 1 atom stereocenters. The molecule has 0 radical (unpaired) electrons. The van der Waals surface area contributed by atoms with Crippen molar-refractivity contribution in [3.05, 3.63) is 29.8 Å². The van der Waals surface area contributed by atoms with Crippen molar-refractivity contribution in [2.75, 3.05) is 39.5 Å². The number of ether oxygens (including phenoxy) is 2. The highest BCUT2D eigenvalue weighted by Gasteiger charge is 2.24. The van der Waals surface area contributed by atoms with Gasteiger partial charge in [-0.3, -0.25) is 9.69 Å². The molecule has 1 N–H and O–H groups in total. The minimum atomic E-state index is -0.0696. The number of para-hydroxylation sites is 1. The number of rotatable bonds is 8. The zero-order chi connectivity index (χ0) is 17.4. The molecule has 0 bridgehead atoms. The molecule has 1 aliphatic heterocycles. The van der Waals surface area contributed by atoms with Crippen molar-refractivity contribution in [2.24, 2.45) is 5.92 Å². The second-order valence-electron chi connectivity index (χ2n) is 6.51. The highest BCUT2D eigenvalue weighted by molar-refractivity contribution is 5.77. The average Bonchev–Trinajstić information content (AvgIpc) is 2.61. The number of carbonyl (C=O) groups excluding carboxylic acids is 1. The summed E-state index contributed by atoms with van der Waals surface area (Å²) in [6, 6.07) is 8.19. The summed E-state index contributed by atoms with van der Waals surface area (Å²) in [6.45, 7) is 10.6. The maximum atomic E-state index is 12.1. The van der Waals surface area contributed by atoms with Crippen LogP contribution in [0.25, 0.3) is 0 Å². The van der Waals surface area contributed by atoms with Crippen LogP contribution in [0, 0.1) is 5.92 Å². The molecule has 1 aromatic carbocycles. The van der Waals surface area contributed by atoms with Gasteiger partial charge in [0.2, 0.25) is 0 Å². The van der Waals surface area contributed by atoms with Crippen molar-refractivity contribution < 1.29 is 14.3 Å². The molecule has 0 spiro atoms. The molecule has 1 aliphatic rings. The summed E-state index contributed by atoms with van der Waals surface area (Å²) in [4.78, 5) is 14.6. The van der Waals surface area contributed by atoms with Crippen LogP contribution in [0.4, 0.5) is 0 Å². The first kappa shape index (κ1) is 18.7. The Hall–Kier alpha value is -1.59. The maximum Gasteiger partial charge on any atom is 0.257 e.